The Bertz CT molecular complexity index is 621. The summed E-state index contributed by atoms with van der Waals surface area (Å²) in [5, 5.41) is 8.54. The van der Waals surface area contributed by atoms with Gasteiger partial charge in [-0.2, -0.15) is 0 Å². The normalized spacial score (nSPS) is 25.0. The highest BCUT2D eigenvalue weighted by molar-refractivity contribution is 7.89. The van der Waals surface area contributed by atoms with E-state index < -0.39 is 10.0 Å². The number of sulfonamides is 1. The van der Waals surface area contributed by atoms with Gasteiger partial charge in [-0.3, -0.25) is 0 Å². The number of aromatic nitrogens is 1. The predicted molar refractivity (Wildman–Crippen MR) is 84.0 cm³/mol. The van der Waals surface area contributed by atoms with Crippen LogP contribution in [0.5, 0.6) is 0 Å². The molecule has 2 fully saturated rings. The van der Waals surface area contributed by atoms with E-state index >= 15 is 0 Å². The van der Waals surface area contributed by atoms with Crippen molar-refractivity contribution in [3.63, 3.8) is 0 Å². The SMILES string of the molecule is NS(=O)(=O)c1cccnc1NC1CCOC2(CCCCC2)C1. The molecule has 0 bridgehead atoms. The summed E-state index contributed by atoms with van der Waals surface area (Å²) in [4.78, 5) is 4.22. The molecule has 1 saturated carbocycles. The minimum atomic E-state index is -3.77. The molecule has 0 amide bonds. The highest BCUT2D eigenvalue weighted by atomic mass is 32.2. The molecule has 3 N–H and O–H groups in total. The summed E-state index contributed by atoms with van der Waals surface area (Å²) in [7, 11) is -3.77. The molecule has 1 aromatic heterocycles. The van der Waals surface area contributed by atoms with Crippen molar-refractivity contribution in [2.45, 2.75) is 61.5 Å². The molecule has 1 spiro atoms. The van der Waals surface area contributed by atoms with E-state index in [4.69, 9.17) is 9.88 Å². The lowest BCUT2D eigenvalue weighted by Crippen LogP contribution is -2.45. The smallest absolute Gasteiger partial charge is 0.241 e. The van der Waals surface area contributed by atoms with Crippen LogP contribution >= 0.6 is 0 Å². The summed E-state index contributed by atoms with van der Waals surface area (Å²) in [5.41, 5.74) is -0.0370. The number of primary sulfonamides is 1. The first-order valence-corrected chi connectivity index (χ1v) is 9.42. The number of nitrogens with zero attached hydrogens (tertiary/aromatic N) is 1. The standard InChI is InChI=1S/C15H23N3O3S/c16-22(19,20)13-5-4-9-17-14(13)18-12-6-10-21-15(11-12)7-2-1-3-8-15/h4-5,9,12H,1-3,6-8,10-11H2,(H,17,18)(H2,16,19,20). The van der Waals surface area contributed by atoms with Crippen LogP contribution in [-0.4, -0.2) is 31.7 Å². The molecule has 6 nitrogen and oxygen atoms in total. The molecule has 3 rings (SSSR count). The number of pyridine rings is 1. The van der Waals surface area contributed by atoms with Crippen LogP contribution in [0.4, 0.5) is 5.82 Å². The van der Waals surface area contributed by atoms with Gasteiger partial charge in [-0.1, -0.05) is 19.3 Å². The highest BCUT2D eigenvalue weighted by Crippen LogP contribution is 2.39. The number of rotatable bonds is 3. The Morgan fingerprint density at radius 3 is 2.82 bits per heavy atom. The number of nitrogens with two attached hydrogens (primary N) is 1. The van der Waals surface area contributed by atoms with E-state index in [1.807, 2.05) is 0 Å². The molecule has 2 aliphatic rings. The maximum atomic E-state index is 11.7. The quantitative estimate of drug-likeness (QED) is 0.886. The van der Waals surface area contributed by atoms with Gasteiger partial charge in [0, 0.05) is 18.8 Å². The van der Waals surface area contributed by atoms with Crippen molar-refractivity contribution in [2.24, 2.45) is 5.14 Å². The Labute approximate surface area is 131 Å². The maximum absolute atomic E-state index is 11.7. The molecular weight excluding hydrogens is 302 g/mol. The molecule has 2 heterocycles. The minimum absolute atomic E-state index is 0.0370. The third kappa shape index (κ3) is 3.42. The average Bonchev–Trinajstić information content (AvgIpc) is 2.47. The van der Waals surface area contributed by atoms with Crippen LogP contribution in [0.3, 0.4) is 0 Å². The van der Waals surface area contributed by atoms with Crippen molar-refractivity contribution >= 4 is 15.8 Å². The van der Waals surface area contributed by atoms with Gasteiger partial charge >= 0.3 is 0 Å². The molecule has 122 valence electrons. The van der Waals surface area contributed by atoms with Crippen molar-refractivity contribution in [3.8, 4) is 0 Å². The molecule has 22 heavy (non-hydrogen) atoms. The summed E-state index contributed by atoms with van der Waals surface area (Å²) in [6.07, 6.45) is 9.20. The molecule has 1 atom stereocenters. The monoisotopic (exact) mass is 325 g/mol. The van der Waals surface area contributed by atoms with E-state index in [1.165, 1.54) is 25.3 Å². The lowest BCUT2D eigenvalue weighted by atomic mass is 9.78. The fraction of sp³-hybridized carbons (Fsp3) is 0.667. The molecule has 1 unspecified atom stereocenters. The van der Waals surface area contributed by atoms with Crippen molar-refractivity contribution < 1.29 is 13.2 Å². The maximum Gasteiger partial charge on any atom is 0.241 e. The van der Waals surface area contributed by atoms with E-state index in [0.717, 1.165) is 25.7 Å². The first-order chi connectivity index (χ1) is 10.5. The first kappa shape index (κ1) is 15.7. The second kappa shape index (κ2) is 6.14. The van der Waals surface area contributed by atoms with Crippen LogP contribution < -0.4 is 10.5 Å². The second-order valence-electron chi connectivity index (χ2n) is 6.32. The summed E-state index contributed by atoms with van der Waals surface area (Å²) < 4.78 is 29.4. The molecular formula is C15H23N3O3S. The van der Waals surface area contributed by atoms with Gasteiger partial charge in [0.25, 0.3) is 0 Å². The molecule has 1 aliphatic carbocycles. The van der Waals surface area contributed by atoms with Crippen LogP contribution in [0.25, 0.3) is 0 Å². The zero-order valence-corrected chi connectivity index (χ0v) is 13.4. The van der Waals surface area contributed by atoms with E-state index in [2.05, 4.69) is 10.3 Å². The van der Waals surface area contributed by atoms with Gasteiger partial charge in [-0.05, 0) is 37.8 Å². The van der Waals surface area contributed by atoms with Gasteiger partial charge in [0.2, 0.25) is 10.0 Å². The second-order valence-corrected chi connectivity index (χ2v) is 7.85. The van der Waals surface area contributed by atoms with Crippen LogP contribution in [0.2, 0.25) is 0 Å². The highest BCUT2D eigenvalue weighted by Gasteiger charge is 2.38. The third-order valence-electron chi connectivity index (χ3n) is 4.68. The molecule has 0 radical (unpaired) electrons. The van der Waals surface area contributed by atoms with Crippen molar-refractivity contribution in [1.29, 1.82) is 0 Å². The topological polar surface area (TPSA) is 94.3 Å². The Morgan fingerprint density at radius 1 is 1.32 bits per heavy atom. The summed E-state index contributed by atoms with van der Waals surface area (Å²) in [5.74, 6) is 0.350. The first-order valence-electron chi connectivity index (χ1n) is 7.87. The van der Waals surface area contributed by atoms with Gasteiger partial charge < -0.3 is 10.1 Å². The number of hydrogen-bond acceptors (Lipinski definition) is 5. The number of ether oxygens (including phenoxy) is 1. The zero-order valence-electron chi connectivity index (χ0n) is 12.6. The fourth-order valence-corrected chi connectivity index (χ4v) is 4.27. The predicted octanol–water partition coefficient (Wildman–Crippen LogP) is 2.02. The van der Waals surface area contributed by atoms with Crippen molar-refractivity contribution in [3.05, 3.63) is 18.3 Å². The number of anilines is 1. The van der Waals surface area contributed by atoms with Crippen LogP contribution in [0.1, 0.15) is 44.9 Å². The van der Waals surface area contributed by atoms with Gasteiger partial charge in [0.15, 0.2) is 0 Å². The summed E-state index contributed by atoms with van der Waals surface area (Å²) in [6, 6.07) is 3.24. The molecule has 1 saturated heterocycles. The van der Waals surface area contributed by atoms with Gasteiger partial charge in [-0.15, -0.1) is 0 Å². The zero-order chi connectivity index (χ0) is 15.6. The Balaban J connectivity index is 1.76. The molecule has 0 aromatic carbocycles. The van der Waals surface area contributed by atoms with Crippen LogP contribution in [0, 0.1) is 0 Å². The van der Waals surface area contributed by atoms with E-state index in [9.17, 15) is 8.42 Å². The Hall–Kier alpha value is -1.18. The largest absolute Gasteiger partial charge is 0.375 e. The van der Waals surface area contributed by atoms with Gasteiger partial charge in [0.1, 0.15) is 10.7 Å². The molecule has 7 heteroatoms. The Morgan fingerprint density at radius 2 is 2.09 bits per heavy atom. The summed E-state index contributed by atoms with van der Waals surface area (Å²) >= 11 is 0. The average molecular weight is 325 g/mol. The number of nitrogens with one attached hydrogen (secondary N) is 1. The van der Waals surface area contributed by atoms with E-state index in [0.29, 0.717) is 12.4 Å². The molecule has 1 aromatic rings. The molecule has 1 aliphatic heterocycles. The van der Waals surface area contributed by atoms with Gasteiger partial charge in [0.05, 0.1) is 5.60 Å². The lowest BCUT2D eigenvalue weighted by molar-refractivity contribution is -0.103. The van der Waals surface area contributed by atoms with E-state index in [1.54, 1.807) is 12.3 Å². The van der Waals surface area contributed by atoms with Crippen molar-refractivity contribution in [1.82, 2.24) is 4.98 Å². The minimum Gasteiger partial charge on any atom is -0.375 e. The van der Waals surface area contributed by atoms with E-state index in [-0.39, 0.29) is 16.5 Å². The van der Waals surface area contributed by atoms with Crippen LogP contribution in [-0.2, 0) is 14.8 Å². The lowest BCUT2D eigenvalue weighted by Gasteiger charge is -2.43. The Kier molecular flexibility index (Phi) is 4.38. The summed E-state index contributed by atoms with van der Waals surface area (Å²) in [6.45, 7) is 0.704. The van der Waals surface area contributed by atoms with Crippen LogP contribution in [0.15, 0.2) is 23.2 Å². The van der Waals surface area contributed by atoms with Gasteiger partial charge in [-0.25, -0.2) is 18.5 Å². The number of hydrogen-bond donors (Lipinski definition) is 2. The fourth-order valence-electron chi connectivity index (χ4n) is 3.62. The van der Waals surface area contributed by atoms with Crippen molar-refractivity contribution in [2.75, 3.05) is 11.9 Å². The third-order valence-corrected chi connectivity index (χ3v) is 5.62.